The lowest BCUT2D eigenvalue weighted by Gasteiger charge is -2.41. The SMILES string of the molecule is CC[C@H](C)[C@@H]([C@@H](CC(=O)N1CCC[C@H]1C(OC)[C@@H](C)C(=O)N[C@@H](Cc1ccccc1)C(=O)O)OC)N(C)C(=O)[C@@H](NC(=O)[C@H](C(C)C)N(C)C)C(C)C. The minimum absolute atomic E-state index is 0.0104. The maximum atomic E-state index is 14.2. The second-order valence-corrected chi connectivity index (χ2v) is 15.6. The van der Waals surface area contributed by atoms with E-state index < -0.39 is 60.2 Å². The molecule has 1 aliphatic heterocycles. The summed E-state index contributed by atoms with van der Waals surface area (Å²) in [6.07, 6.45) is 0.820. The molecule has 0 aromatic heterocycles. The first-order valence-electron chi connectivity index (χ1n) is 19.1. The van der Waals surface area contributed by atoms with Crippen LogP contribution in [0.5, 0.6) is 0 Å². The van der Waals surface area contributed by atoms with Gasteiger partial charge in [0.2, 0.25) is 23.6 Å². The molecule has 3 N–H and O–H groups in total. The summed E-state index contributed by atoms with van der Waals surface area (Å²) >= 11 is 0. The first-order valence-corrected chi connectivity index (χ1v) is 19.1. The smallest absolute Gasteiger partial charge is 0.326 e. The molecular weight excluding hydrogens is 678 g/mol. The zero-order valence-corrected chi connectivity index (χ0v) is 34.1. The Morgan fingerprint density at radius 1 is 0.906 bits per heavy atom. The average molecular weight is 746 g/mol. The van der Waals surface area contributed by atoms with Crippen LogP contribution in [0.15, 0.2) is 30.3 Å². The molecule has 1 unspecified atom stereocenters. The fourth-order valence-corrected chi connectivity index (χ4v) is 7.76. The van der Waals surface area contributed by atoms with Crippen LogP contribution in [-0.2, 0) is 39.9 Å². The number of nitrogens with zero attached hydrogens (tertiary/aromatic N) is 3. The lowest BCUT2D eigenvalue weighted by Crippen LogP contribution is -2.59. The Morgan fingerprint density at radius 3 is 2.02 bits per heavy atom. The zero-order valence-electron chi connectivity index (χ0n) is 34.1. The number of carbonyl (C=O) groups is 5. The third-order valence-electron chi connectivity index (χ3n) is 10.8. The second kappa shape index (κ2) is 21.4. The van der Waals surface area contributed by atoms with Gasteiger partial charge in [0.25, 0.3) is 0 Å². The third-order valence-corrected chi connectivity index (χ3v) is 10.8. The molecule has 13 nitrogen and oxygen atoms in total. The number of methoxy groups -OCH3 is 2. The highest BCUT2D eigenvalue weighted by Crippen LogP contribution is 2.30. The van der Waals surface area contributed by atoms with Gasteiger partial charge < -0.3 is 35.0 Å². The van der Waals surface area contributed by atoms with Gasteiger partial charge in [-0.05, 0) is 50.3 Å². The number of hydrogen-bond donors (Lipinski definition) is 3. The molecule has 2 rings (SSSR count). The van der Waals surface area contributed by atoms with Gasteiger partial charge in [0, 0.05) is 34.2 Å². The van der Waals surface area contributed by atoms with E-state index in [0.717, 1.165) is 12.0 Å². The number of nitrogens with one attached hydrogen (secondary N) is 2. The molecule has 1 aromatic carbocycles. The first kappa shape index (κ1) is 45.6. The van der Waals surface area contributed by atoms with Gasteiger partial charge in [-0.1, -0.05) is 85.2 Å². The van der Waals surface area contributed by atoms with Crippen LogP contribution in [0.4, 0.5) is 0 Å². The van der Waals surface area contributed by atoms with E-state index in [-0.39, 0.29) is 48.3 Å². The van der Waals surface area contributed by atoms with E-state index in [2.05, 4.69) is 10.6 Å². The van der Waals surface area contributed by atoms with E-state index in [9.17, 15) is 29.1 Å². The second-order valence-electron chi connectivity index (χ2n) is 15.6. The molecule has 0 spiro atoms. The van der Waals surface area contributed by atoms with Gasteiger partial charge in [-0.2, -0.15) is 0 Å². The summed E-state index contributed by atoms with van der Waals surface area (Å²) in [5.74, 6) is -3.21. The Balaban J connectivity index is 2.27. The minimum atomic E-state index is -1.14. The normalized spacial score (nSPS) is 19.2. The largest absolute Gasteiger partial charge is 0.480 e. The fraction of sp³-hybridized carbons (Fsp3) is 0.725. The van der Waals surface area contributed by atoms with Crippen molar-refractivity contribution < 1.29 is 38.6 Å². The molecule has 0 radical (unpaired) electrons. The van der Waals surface area contributed by atoms with Crippen molar-refractivity contribution in [1.29, 1.82) is 0 Å². The van der Waals surface area contributed by atoms with Crippen molar-refractivity contribution in [2.24, 2.45) is 23.7 Å². The number of carboxylic acid groups (broad SMARTS) is 1. The molecule has 1 aliphatic rings. The van der Waals surface area contributed by atoms with E-state index in [1.807, 2.05) is 90.9 Å². The maximum Gasteiger partial charge on any atom is 0.326 e. The molecule has 13 heteroatoms. The van der Waals surface area contributed by atoms with Gasteiger partial charge in [0.1, 0.15) is 12.1 Å². The van der Waals surface area contributed by atoms with E-state index in [0.29, 0.717) is 19.4 Å². The lowest BCUT2D eigenvalue weighted by atomic mass is 9.89. The van der Waals surface area contributed by atoms with Gasteiger partial charge in [-0.15, -0.1) is 0 Å². The predicted octanol–water partition coefficient (Wildman–Crippen LogP) is 3.45. The van der Waals surface area contributed by atoms with Crippen molar-refractivity contribution in [1.82, 2.24) is 25.3 Å². The molecule has 0 saturated carbocycles. The number of benzene rings is 1. The summed E-state index contributed by atoms with van der Waals surface area (Å²) in [6.45, 7) is 13.9. The van der Waals surface area contributed by atoms with Crippen LogP contribution in [0, 0.1) is 23.7 Å². The molecule has 0 bridgehead atoms. The monoisotopic (exact) mass is 745 g/mol. The van der Waals surface area contributed by atoms with Gasteiger partial charge in [0.05, 0.1) is 42.7 Å². The van der Waals surface area contributed by atoms with Crippen molar-refractivity contribution >= 4 is 29.6 Å². The summed E-state index contributed by atoms with van der Waals surface area (Å²) in [7, 11) is 8.44. The number of rotatable bonds is 21. The van der Waals surface area contributed by atoms with Crippen LogP contribution in [0.25, 0.3) is 0 Å². The molecule has 300 valence electrons. The molecule has 9 atom stereocenters. The molecular formula is C40H67N5O8. The Hall–Kier alpha value is -3.55. The Kier molecular flexibility index (Phi) is 18.4. The quantitative estimate of drug-likeness (QED) is 0.172. The summed E-state index contributed by atoms with van der Waals surface area (Å²) in [6, 6.07) is 5.89. The van der Waals surface area contributed by atoms with Crippen LogP contribution >= 0.6 is 0 Å². The molecule has 1 fully saturated rings. The van der Waals surface area contributed by atoms with Crippen LogP contribution in [-0.4, -0.2) is 134 Å². The van der Waals surface area contributed by atoms with Gasteiger partial charge in [-0.25, -0.2) is 4.79 Å². The summed E-state index contributed by atoms with van der Waals surface area (Å²) in [5, 5.41) is 15.6. The van der Waals surface area contributed by atoms with Crippen LogP contribution < -0.4 is 10.6 Å². The number of likely N-dealkylation sites (tertiary alicyclic amines) is 1. The number of amides is 4. The molecule has 0 aliphatic carbocycles. The average Bonchev–Trinajstić information content (AvgIpc) is 3.59. The van der Waals surface area contributed by atoms with Crippen LogP contribution in [0.2, 0.25) is 0 Å². The van der Waals surface area contributed by atoms with E-state index >= 15 is 0 Å². The number of carbonyl (C=O) groups excluding carboxylic acids is 4. The van der Waals surface area contributed by atoms with Crippen molar-refractivity contribution in [3.8, 4) is 0 Å². The number of aliphatic carboxylic acids is 1. The number of ether oxygens (including phenoxy) is 2. The van der Waals surface area contributed by atoms with Gasteiger partial charge in [0.15, 0.2) is 0 Å². The Morgan fingerprint density at radius 2 is 1.53 bits per heavy atom. The first-order chi connectivity index (χ1) is 24.9. The van der Waals surface area contributed by atoms with Crippen molar-refractivity contribution in [2.75, 3.05) is 41.9 Å². The Bertz CT molecular complexity index is 1330. The third kappa shape index (κ3) is 12.2. The predicted molar refractivity (Wildman–Crippen MR) is 205 cm³/mol. The van der Waals surface area contributed by atoms with Crippen molar-refractivity contribution in [3.63, 3.8) is 0 Å². The lowest BCUT2D eigenvalue weighted by molar-refractivity contribution is -0.148. The molecule has 1 aromatic rings. The summed E-state index contributed by atoms with van der Waals surface area (Å²) in [5.41, 5.74) is 0.785. The number of hydrogen-bond acceptors (Lipinski definition) is 8. The summed E-state index contributed by atoms with van der Waals surface area (Å²) in [4.78, 5) is 72.5. The van der Waals surface area contributed by atoms with Crippen molar-refractivity contribution in [2.45, 2.75) is 123 Å². The molecule has 1 saturated heterocycles. The number of likely N-dealkylation sites (N-methyl/N-ethyl adjacent to an activating group) is 2. The van der Waals surface area contributed by atoms with Gasteiger partial charge in [-0.3, -0.25) is 24.1 Å². The molecule has 53 heavy (non-hydrogen) atoms. The minimum Gasteiger partial charge on any atom is -0.480 e. The maximum absolute atomic E-state index is 14.2. The molecule has 4 amide bonds. The van der Waals surface area contributed by atoms with E-state index in [4.69, 9.17) is 9.47 Å². The molecule has 1 heterocycles. The van der Waals surface area contributed by atoms with E-state index in [1.54, 1.807) is 23.8 Å². The highest BCUT2D eigenvalue weighted by atomic mass is 16.5. The zero-order chi connectivity index (χ0) is 40.2. The topological polar surface area (TPSA) is 158 Å². The van der Waals surface area contributed by atoms with Gasteiger partial charge >= 0.3 is 5.97 Å². The van der Waals surface area contributed by atoms with E-state index in [1.165, 1.54) is 14.2 Å². The number of carboxylic acids is 1. The van der Waals surface area contributed by atoms with Crippen molar-refractivity contribution in [3.05, 3.63) is 35.9 Å². The summed E-state index contributed by atoms with van der Waals surface area (Å²) < 4.78 is 11.9. The highest BCUT2D eigenvalue weighted by molar-refractivity contribution is 5.90. The highest BCUT2D eigenvalue weighted by Gasteiger charge is 2.43. The van der Waals surface area contributed by atoms with Crippen LogP contribution in [0.1, 0.15) is 79.7 Å². The van der Waals surface area contributed by atoms with Crippen LogP contribution in [0.3, 0.4) is 0 Å². The Labute approximate surface area is 317 Å². The fourth-order valence-electron chi connectivity index (χ4n) is 7.76. The standard InChI is InChI=1S/C40H67N5O8/c1-13-26(6)35(44(10)39(49)33(24(2)3)42-38(48)34(25(4)5)43(8)9)31(52-11)23-32(46)45-21-17-20-30(45)36(53-12)27(7)37(47)41-29(40(50)51)22-28-18-15-14-16-19-28/h14-16,18-19,24-27,29-31,33-36H,13,17,20-23H2,1-12H3,(H,41,47)(H,42,48)(H,50,51)/t26-,27+,29-,30-,31+,33-,34-,35-,36?/m0/s1.